The van der Waals surface area contributed by atoms with Gasteiger partial charge in [0.25, 0.3) is 10.2 Å². The molecule has 1 unspecified atom stereocenters. The molecule has 0 aromatic heterocycles. The van der Waals surface area contributed by atoms with Crippen LogP contribution in [0.2, 0.25) is 0 Å². The Labute approximate surface area is 67.6 Å². The van der Waals surface area contributed by atoms with Gasteiger partial charge >= 0.3 is 0 Å². The zero-order chi connectivity index (χ0) is 8.70. The molecule has 5 heteroatoms. The van der Waals surface area contributed by atoms with Crippen molar-refractivity contribution in [3.05, 3.63) is 0 Å². The molecule has 1 atom stereocenters. The highest BCUT2D eigenvalue weighted by molar-refractivity contribution is 7.87. The molecular formula is C6H14N2O2S. The van der Waals surface area contributed by atoms with Gasteiger partial charge in [-0.2, -0.15) is 13.1 Å². The van der Waals surface area contributed by atoms with Gasteiger partial charge in [0.15, 0.2) is 0 Å². The molecule has 0 spiro atoms. The van der Waals surface area contributed by atoms with Crippen LogP contribution in [0.1, 0.15) is 20.8 Å². The predicted molar refractivity (Wildman–Crippen MR) is 43.3 cm³/mol. The Kier molecular flexibility index (Phi) is 1.98. The van der Waals surface area contributed by atoms with Crippen LogP contribution < -0.4 is 9.44 Å². The highest BCUT2D eigenvalue weighted by Crippen LogP contribution is 2.21. The minimum Gasteiger partial charge on any atom is -0.201 e. The minimum absolute atomic E-state index is 0.00694. The molecule has 1 rings (SSSR count). The van der Waals surface area contributed by atoms with Crippen molar-refractivity contribution in [2.75, 3.05) is 6.54 Å². The molecule has 1 aliphatic heterocycles. The summed E-state index contributed by atoms with van der Waals surface area (Å²) in [5.41, 5.74) is -0.0173. The first kappa shape index (κ1) is 8.96. The van der Waals surface area contributed by atoms with E-state index in [1.54, 1.807) is 0 Å². The quantitative estimate of drug-likeness (QED) is 0.541. The molecule has 0 aliphatic carbocycles. The topological polar surface area (TPSA) is 58.2 Å². The molecule has 0 amide bonds. The highest BCUT2D eigenvalue weighted by Gasteiger charge is 2.34. The van der Waals surface area contributed by atoms with Crippen LogP contribution in [0.25, 0.3) is 0 Å². The molecule has 0 aromatic carbocycles. The maximum atomic E-state index is 10.9. The molecule has 1 fully saturated rings. The third kappa shape index (κ3) is 2.15. The summed E-state index contributed by atoms with van der Waals surface area (Å²) < 4.78 is 26.7. The van der Waals surface area contributed by atoms with Crippen molar-refractivity contribution in [1.29, 1.82) is 0 Å². The zero-order valence-corrected chi connectivity index (χ0v) is 7.83. The molecule has 0 aromatic rings. The van der Waals surface area contributed by atoms with Crippen molar-refractivity contribution in [1.82, 2.24) is 9.44 Å². The predicted octanol–water partition coefficient (Wildman–Crippen LogP) is -0.161. The summed E-state index contributed by atoms with van der Waals surface area (Å²) in [5.74, 6) is 0. The maximum Gasteiger partial charge on any atom is 0.277 e. The van der Waals surface area contributed by atoms with Crippen LogP contribution in [-0.4, -0.2) is 21.0 Å². The molecule has 0 saturated carbocycles. The van der Waals surface area contributed by atoms with E-state index in [1.165, 1.54) is 0 Å². The van der Waals surface area contributed by atoms with E-state index in [9.17, 15) is 8.42 Å². The molecule has 66 valence electrons. The average Bonchev–Trinajstić information content (AvgIpc) is 2.07. The van der Waals surface area contributed by atoms with E-state index >= 15 is 0 Å². The standard InChI is InChI=1S/C6H14N2O2S/c1-6(2,3)5-4-7-11(9,10)8-5/h5,7-8H,4H2,1-3H3. The first-order valence-corrected chi connectivity index (χ1v) is 5.06. The van der Waals surface area contributed by atoms with E-state index in [2.05, 4.69) is 9.44 Å². The molecule has 0 bridgehead atoms. The van der Waals surface area contributed by atoms with E-state index in [1.807, 2.05) is 20.8 Å². The van der Waals surface area contributed by atoms with Crippen LogP contribution in [0.15, 0.2) is 0 Å². The van der Waals surface area contributed by atoms with Gasteiger partial charge in [-0.15, -0.1) is 0 Å². The number of nitrogens with one attached hydrogen (secondary N) is 2. The maximum absolute atomic E-state index is 10.9. The lowest BCUT2D eigenvalue weighted by Crippen LogP contribution is -2.38. The van der Waals surface area contributed by atoms with Crippen molar-refractivity contribution >= 4 is 10.2 Å². The van der Waals surface area contributed by atoms with Gasteiger partial charge in [-0.3, -0.25) is 0 Å². The SMILES string of the molecule is CC(C)(C)C1CNS(=O)(=O)N1. The number of rotatable bonds is 0. The van der Waals surface area contributed by atoms with Crippen LogP contribution >= 0.6 is 0 Å². The highest BCUT2D eigenvalue weighted by atomic mass is 32.2. The van der Waals surface area contributed by atoms with Gasteiger partial charge in [0.2, 0.25) is 0 Å². The second-order valence-electron chi connectivity index (χ2n) is 3.89. The molecule has 1 saturated heterocycles. The Morgan fingerprint density at radius 3 is 2.09 bits per heavy atom. The minimum atomic E-state index is -3.18. The van der Waals surface area contributed by atoms with Crippen LogP contribution in [0, 0.1) is 5.41 Å². The molecular weight excluding hydrogens is 164 g/mol. The molecule has 2 N–H and O–H groups in total. The lowest BCUT2D eigenvalue weighted by atomic mass is 9.88. The summed E-state index contributed by atoms with van der Waals surface area (Å²) in [6.07, 6.45) is 0. The smallest absolute Gasteiger partial charge is 0.201 e. The third-order valence-electron chi connectivity index (χ3n) is 1.82. The van der Waals surface area contributed by atoms with E-state index in [0.717, 1.165) is 0 Å². The van der Waals surface area contributed by atoms with Gasteiger partial charge in [0, 0.05) is 12.6 Å². The van der Waals surface area contributed by atoms with E-state index in [4.69, 9.17) is 0 Å². The molecule has 11 heavy (non-hydrogen) atoms. The van der Waals surface area contributed by atoms with Gasteiger partial charge in [-0.05, 0) is 5.41 Å². The van der Waals surface area contributed by atoms with Crippen molar-refractivity contribution in [2.24, 2.45) is 5.41 Å². The van der Waals surface area contributed by atoms with Crippen LogP contribution in [0.4, 0.5) is 0 Å². The van der Waals surface area contributed by atoms with E-state index < -0.39 is 10.2 Å². The normalized spacial score (nSPS) is 30.6. The Morgan fingerprint density at radius 1 is 1.36 bits per heavy atom. The lowest BCUT2D eigenvalue weighted by molar-refractivity contribution is 0.315. The fraction of sp³-hybridized carbons (Fsp3) is 1.00. The van der Waals surface area contributed by atoms with Gasteiger partial charge < -0.3 is 0 Å². The zero-order valence-electron chi connectivity index (χ0n) is 7.01. The lowest BCUT2D eigenvalue weighted by Gasteiger charge is -2.24. The van der Waals surface area contributed by atoms with Crippen molar-refractivity contribution in [3.8, 4) is 0 Å². The Morgan fingerprint density at radius 2 is 1.91 bits per heavy atom. The number of hydrogen-bond acceptors (Lipinski definition) is 2. The largest absolute Gasteiger partial charge is 0.277 e. The van der Waals surface area contributed by atoms with Crippen molar-refractivity contribution in [2.45, 2.75) is 26.8 Å². The van der Waals surface area contributed by atoms with Crippen molar-refractivity contribution < 1.29 is 8.42 Å². The van der Waals surface area contributed by atoms with Crippen LogP contribution in [0.3, 0.4) is 0 Å². The Hall–Kier alpha value is -0.130. The summed E-state index contributed by atoms with van der Waals surface area (Å²) in [4.78, 5) is 0. The van der Waals surface area contributed by atoms with E-state index in [-0.39, 0.29) is 11.5 Å². The molecule has 4 nitrogen and oxygen atoms in total. The molecule has 0 radical (unpaired) electrons. The van der Waals surface area contributed by atoms with Crippen molar-refractivity contribution in [3.63, 3.8) is 0 Å². The van der Waals surface area contributed by atoms with Crippen LogP contribution in [0.5, 0.6) is 0 Å². The summed E-state index contributed by atoms with van der Waals surface area (Å²) in [6, 6.07) is 0.00694. The first-order chi connectivity index (χ1) is 4.81. The second-order valence-corrected chi connectivity index (χ2v) is 5.42. The van der Waals surface area contributed by atoms with Crippen LogP contribution in [-0.2, 0) is 10.2 Å². The summed E-state index contributed by atoms with van der Waals surface area (Å²) >= 11 is 0. The van der Waals surface area contributed by atoms with Gasteiger partial charge in [-0.1, -0.05) is 20.8 Å². The summed E-state index contributed by atoms with van der Waals surface area (Å²) in [5, 5.41) is 0. The fourth-order valence-electron chi connectivity index (χ4n) is 0.947. The average molecular weight is 178 g/mol. The van der Waals surface area contributed by atoms with Gasteiger partial charge in [0.05, 0.1) is 0 Å². The van der Waals surface area contributed by atoms with Gasteiger partial charge in [0.1, 0.15) is 0 Å². The first-order valence-electron chi connectivity index (χ1n) is 3.58. The second kappa shape index (κ2) is 2.43. The Balaban J connectivity index is 2.70. The van der Waals surface area contributed by atoms with Gasteiger partial charge in [-0.25, -0.2) is 4.72 Å². The van der Waals surface area contributed by atoms with E-state index in [0.29, 0.717) is 6.54 Å². The Bertz CT molecular complexity index is 240. The fourth-order valence-corrected chi connectivity index (χ4v) is 2.23. The summed E-state index contributed by atoms with van der Waals surface area (Å²) in [7, 11) is -3.18. The summed E-state index contributed by atoms with van der Waals surface area (Å²) in [6.45, 7) is 6.51. The molecule has 1 aliphatic rings. The monoisotopic (exact) mass is 178 g/mol. The number of hydrogen-bond donors (Lipinski definition) is 2. The third-order valence-corrected chi connectivity index (χ3v) is 2.96. The molecule has 1 heterocycles.